The molecule has 0 bridgehead atoms. The van der Waals surface area contributed by atoms with Gasteiger partial charge in [0.15, 0.2) is 0 Å². The van der Waals surface area contributed by atoms with Crippen LogP contribution < -0.4 is 10.2 Å². The zero-order valence-electron chi connectivity index (χ0n) is 22.0. The van der Waals surface area contributed by atoms with Crippen LogP contribution in [-0.2, 0) is 16.8 Å². The number of hydrogen-bond acceptors (Lipinski definition) is 7. The molecule has 1 atom stereocenters. The lowest BCUT2D eigenvalue weighted by Crippen LogP contribution is -2.48. The van der Waals surface area contributed by atoms with Crippen LogP contribution >= 0.6 is 0 Å². The van der Waals surface area contributed by atoms with E-state index in [-0.39, 0.29) is 23.9 Å². The molecule has 1 aromatic heterocycles. The molecule has 2 aliphatic rings. The minimum Gasteiger partial charge on any atom is -0.363 e. The molecular formula is C27H35N7O2. The van der Waals surface area contributed by atoms with E-state index in [4.69, 9.17) is 9.97 Å². The summed E-state index contributed by atoms with van der Waals surface area (Å²) < 4.78 is 0. The third kappa shape index (κ3) is 4.85. The van der Waals surface area contributed by atoms with Gasteiger partial charge in [-0.3, -0.25) is 9.59 Å². The predicted molar refractivity (Wildman–Crippen MR) is 139 cm³/mol. The molecule has 1 saturated heterocycles. The fourth-order valence-corrected chi connectivity index (χ4v) is 4.62. The van der Waals surface area contributed by atoms with Crippen molar-refractivity contribution < 1.29 is 9.59 Å². The quantitative estimate of drug-likeness (QED) is 0.662. The molecule has 2 aromatic rings. The van der Waals surface area contributed by atoms with Gasteiger partial charge >= 0.3 is 0 Å². The molecule has 0 radical (unpaired) electrons. The SMILES string of the molecule is CC(=O)N1CCN(c2nc(N[C@H](C)c3ccc(C(C)(C)C#N)cc3)c3c(n2)C(=O)N(C(C)C)C3)CC1. The van der Waals surface area contributed by atoms with Crippen molar-refractivity contribution in [3.05, 3.63) is 46.6 Å². The fraction of sp³-hybridized carbons (Fsp3) is 0.519. The summed E-state index contributed by atoms with van der Waals surface area (Å²) in [5, 5.41) is 13.0. The van der Waals surface area contributed by atoms with Crippen LogP contribution in [0.3, 0.4) is 0 Å². The van der Waals surface area contributed by atoms with E-state index in [1.807, 2.05) is 66.7 Å². The molecule has 0 saturated carbocycles. The third-order valence-corrected chi connectivity index (χ3v) is 7.18. The van der Waals surface area contributed by atoms with E-state index in [9.17, 15) is 14.9 Å². The average molecular weight is 490 g/mol. The van der Waals surface area contributed by atoms with Gasteiger partial charge in [-0.2, -0.15) is 10.2 Å². The first kappa shape index (κ1) is 25.4. The summed E-state index contributed by atoms with van der Waals surface area (Å²) in [6.07, 6.45) is 0. The summed E-state index contributed by atoms with van der Waals surface area (Å²) in [5.41, 5.74) is 2.73. The first-order valence-electron chi connectivity index (χ1n) is 12.5. The lowest BCUT2D eigenvalue weighted by Gasteiger charge is -2.34. The Morgan fingerprint density at radius 1 is 1.08 bits per heavy atom. The van der Waals surface area contributed by atoms with Crippen LogP contribution in [0.1, 0.15) is 74.8 Å². The highest BCUT2D eigenvalue weighted by Crippen LogP contribution is 2.33. The van der Waals surface area contributed by atoms with E-state index in [0.717, 1.165) is 16.7 Å². The minimum absolute atomic E-state index is 0.0515. The van der Waals surface area contributed by atoms with Gasteiger partial charge in [0.2, 0.25) is 11.9 Å². The number of carbonyl (C=O) groups is 2. The van der Waals surface area contributed by atoms with Crippen LogP contribution in [0.15, 0.2) is 24.3 Å². The first-order valence-corrected chi connectivity index (χ1v) is 12.5. The molecule has 2 aliphatic heterocycles. The topological polar surface area (TPSA) is 105 Å². The van der Waals surface area contributed by atoms with Crippen LogP contribution in [0.25, 0.3) is 0 Å². The van der Waals surface area contributed by atoms with Crippen LogP contribution in [0, 0.1) is 11.3 Å². The Hall–Kier alpha value is -3.67. The van der Waals surface area contributed by atoms with Gasteiger partial charge in [-0.1, -0.05) is 24.3 Å². The number of anilines is 2. The Bertz CT molecular complexity index is 1190. The Morgan fingerprint density at radius 2 is 1.72 bits per heavy atom. The molecule has 1 fully saturated rings. The van der Waals surface area contributed by atoms with Crippen molar-refractivity contribution in [2.24, 2.45) is 0 Å². The average Bonchev–Trinajstić information content (AvgIpc) is 3.21. The molecule has 9 nitrogen and oxygen atoms in total. The van der Waals surface area contributed by atoms with Crippen molar-refractivity contribution >= 4 is 23.6 Å². The number of benzene rings is 1. The molecule has 1 aromatic carbocycles. The second-order valence-electron chi connectivity index (χ2n) is 10.4. The number of piperazine rings is 1. The Morgan fingerprint density at radius 3 is 2.28 bits per heavy atom. The van der Waals surface area contributed by atoms with Crippen molar-refractivity contribution in [3.8, 4) is 6.07 Å². The van der Waals surface area contributed by atoms with E-state index in [1.54, 1.807) is 6.92 Å². The van der Waals surface area contributed by atoms with Gasteiger partial charge in [-0.05, 0) is 45.7 Å². The van der Waals surface area contributed by atoms with Gasteiger partial charge in [0.25, 0.3) is 5.91 Å². The Kier molecular flexibility index (Phi) is 6.90. The van der Waals surface area contributed by atoms with Crippen molar-refractivity contribution in [1.29, 1.82) is 5.26 Å². The number of carbonyl (C=O) groups excluding carboxylic acids is 2. The standard InChI is InChI=1S/C27H35N7O2/c1-17(2)34-15-22-23(25(34)36)30-26(33-13-11-32(12-14-33)19(4)35)31-24(22)29-18(3)20-7-9-21(10-8-20)27(5,6)16-28/h7-10,17-18H,11-15H2,1-6H3,(H,29,30,31)/t18-/m1/s1. The summed E-state index contributed by atoms with van der Waals surface area (Å²) in [6, 6.07) is 10.4. The van der Waals surface area contributed by atoms with Crippen LogP contribution in [0.2, 0.25) is 0 Å². The zero-order valence-corrected chi connectivity index (χ0v) is 22.0. The molecule has 1 N–H and O–H groups in total. The van der Waals surface area contributed by atoms with E-state index < -0.39 is 5.41 Å². The number of nitrogens with one attached hydrogen (secondary N) is 1. The molecule has 0 aliphatic carbocycles. The first-order chi connectivity index (χ1) is 17.0. The van der Waals surface area contributed by atoms with E-state index in [0.29, 0.717) is 50.2 Å². The molecule has 0 unspecified atom stereocenters. The number of nitriles is 1. The monoisotopic (exact) mass is 489 g/mol. The molecule has 4 rings (SSSR count). The number of amides is 2. The maximum atomic E-state index is 13.2. The van der Waals surface area contributed by atoms with Gasteiger partial charge in [-0.25, -0.2) is 4.98 Å². The number of hydrogen-bond donors (Lipinski definition) is 1. The predicted octanol–water partition coefficient (Wildman–Crippen LogP) is 3.48. The molecule has 2 amide bonds. The number of aromatic nitrogens is 2. The van der Waals surface area contributed by atoms with Crippen molar-refractivity contribution in [3.63, 3.8) is 0 Å². The van der Waals surface area contributed by atoms with E-state index in [1.165, 1.54) is 0 Å². The lowest BCUT2D eigenvalue weighted by atomic mass is 9.85. The fourth-order valence-electron chi connectivity index (χ4n) is 4.62. The van der Waals surface area contributed by atoms with Gasteiger partial charge in [0.1, 0.15) is 11.5 Å². The highest BCUT2D eigenvalue weighted by atomic mass is 16.2. The van der Waals surface area contributed by atoms with Crippen molar-refractivity contribution in [2.75, 3.05) is 36.4 Å². The van der Waals surface area contributed by atoms with Crippen LogP contribution in [0.4, 0.5) is 11.8 Å². The third-order valence-electron chi connectivity index (χ3n) is 7.18. The summed E-state index contributed by atoms with van der Waals surface area (Å²) >= 11 is 0. The molecule has 9 heteroatoms. The van der Waals surface area contributed by atoms with Gasteiger partial charge in [0.05, 0.1) is 18.0 Å². The minimum atomic E-state index is -0.551. The normalized spacial score (nSPS) is 16.7. The number of fused-ring (bicyclic) bond motifs is 1. The van der Waals surface area contributed by atoms with Crippen molar-refractivity contribution in [2.45, 2.75) is 65.6 Å². The van der Waals surface area contributed by atoms with Gasteiger partial charge < -0.3 is 20.0 Å². The summed E-state index contributed by atoms with van der Waals surface area (Å²) in [7, 11) is 0. The highest BCUT2D eigenvalue weighted by Gasteiger charge is 2.35. The zero-order chi connectivity index (χ0) is 26.2. The maximum absolute atomic E-state index is 13.2. The molecule has 0 spiro atoms. The lowest BCUT2D eigenvalue weighted by molar-refractivity contribution is -0.129. The summed E-state index contributed by atoms with van der Waals surface area (Å²) in [6.45, 7) is 14.4. The smallest absolute Gasteiger partial charge is 0.273 e. The van der Waals surface area contributed by atoms with E-state index in [2.05, 4.69) is 18.3 Å². The maximum Gasteiger partial charge on any atom is 0.273 e. The number of rotatable bonds is 6. The highest BCUT2D eigenvalue weighted by molar-refractivity contribution is 5.98. The molecule has 3 heterocycles. The Labute approximate surface area is 213 Å². The van der Waals surface area contributed by atoms with Gasteiger partial charge in [-0.15, -0.1) is 0 Å². The summed E-state index contributed by atoms with van der Waals surface area (Å²) in [4.78, 5) is 40.2. The van der Waals surface area contributed by atoms with Crippen LogP contribution in [0.5, 0.6) is 0 Å². The second kappa shape index (κ2) is 9.76. The largest absolute Gasteiger partial charge is 0.363 e. The second-order valence-corrected chi connectivity index (χ2v) is 10.4. The number of nitrogens with zero attached hydrogens (tertiary/aromatic N) is 6. The Balaban J connectivity index is 1.63. The molecule has 36 heavy (non-hydrogen) atoms. The molecule has 190 valence electrons. The van der Waals surface area contributed by atoms with Gasteiger partial charge in [0, 0.05) is 50.7 Å². The summed E-state index contributed by atoms with van der Waals surface area (Å²) in [5.74, 6) is 1.16. The van der Waals surface area contributed by atoms with Crippen LogP contribution in [-0.4, -0.2) is 63.8 Å². The van der Waals surface area contributed by atoms with E-state index >= 15 is 0 Å². The van der Waals surface area contributed by atoms with Crippen molar-refractivity contribution in [1.82, 2.24) is 19.8 Å². The molecular weight excluding hydrogens is 454 g/mol.